The lowest BCUT2D eigenvalue weighted by Crippen LogP contribution is -2.42. The molecule has 14 amide bonds. The predicted molar refractivity (Wildman–Crippen MR) is 606 cm³/mol. The lowest BCUT2D eigenvalue weighted by Gasteiger charge is -2.11. The Balaban J connectivity index is -0.000000132. The van der Waals surface area contributed by atoms with Gasteiger partial charge in [0.15, 0.2) is 12.4 Å². The topological polar surface area (TPSA) is 443 Å². The fourth-order valence-electron chi connectivity index (χ4n) is 9.79. The minimum atomic E-state index is -0.348. The molecule has 1 rings (SSSR count). The smallest absolute Gasteiger partial charge is 0.315 e. The third-order valence-electron chi connectivity index (χ3n) is 17.6. The van der Waals surface area contributed by atoms with E-state index in [-0.39, 0.29) is 205 Å². The highest BCUT2D eigenvalue weighted by Gasteiger charge is 2.44. The SMILES string of the molecule is CC(C)/C=C/C(=O)NC(C)C.CC(C)C#CC(=O)NC(C)C.CC(C)CC(=O)NC(C)C.CC(C)CCC(=O)C(C)C.CC(C)CCC(=O)NC(C)C.CC(C)CCCC(=O)C(C)C.CC(C)CCNC(=O)NC(C)C.CC(C)CNC(=O)NC(C)C.CC(C)NC(=O)C(C)C.CC(C)NC(=O)C1CC1C(C)C.CC(C)NC(=O)COC(=O)C(C)C.CC(C)NC(=O)NC(C)C.CC(C)OCC(=O)NCC(=O)C(C)C. The summed E-state index contributed by atoms with van der Waals surface area (Å²) in [7, 11) is 0. The van der Waals surface area contributed by atoms with E-state index in [1.54, 1.807) is 33.8 Å². The van der Waals surface area contributed by atoms with E-state index in [1.807, 2.05) is 255 Å². The molecule has 31 nitrogen and oxygen atoms in total. The van der Waals surface area contributed by atoms with Crippen molar-refractivity contribution in [3.63, 3.8) is 0 Å². The summed E-state index contributed by atoms with van der Waals surface area (Å²) in [5.41, 5.74) is 0. The van der Waals surface area contributed by atoms with Crippen LogP contribution in [0.25, 0.3) is 0 Å². The van der Waals surface area contributed by atoms with Gasteiger partial charge >= 0.3 is 24.1 Å². The number of nitrogens with one attached hydrogen (secondary N) is 14. The average Bonchev–Trinajstić information content (AvgIpc) is 1.66. The third-order valence-corrected chi connectivity index (χ3v) is 17.6. The Labute approximate surface area is 888 Å². The van der Waals surface area contributed by atoms with E-state index in [1.165, 1.54) is 6.42 Å². The van der Waals surface area contributed by atoms with Crippen LogP contribution in [0.2, 0.25) is 0 Å². The highest BCUT2D eigenvalue weighted by atomic mass is 16.5. The Hall–Kier alpha value is -8.69. The second kappa shape index (κ2) is 101. The van der Waals surface area contributed by atoms with Crippen molar-refractivity contribution in [1.82, 2.24) is 74.4 Å². The summed E-state index contributed by atoms with van der Waals surface area (Å²) < 4.78 is 9.79. The highest BCUT2D eigenvalue weighted by Crippen LogP contribution is 2.44. The Morgan fingerprint density at radius 3 is 1.03 bits per heavy atom. The number of carbonyl (C=O) groups is 15. The van der Waals surface area contributed by atoms with E-state index in [9.17, 15) is 71.9 Å². The Morgan fingerprint density at radius 2 is 0.703 bits per heavy atom. The first-order valence-corrected chi connectivity index (χ1v) is 54.2. The molecule has 31 heteroatoms. The van der Waals surface area contributed by atoms with Crippen molar-refractivity contribution < 1.29 is 81.4 Å². The molecule has 1 saturated carbocycles. The summed E-state index contributed by atoms with van der Waals surface area (Å²) in [5.74, 6) is 12.1. The molecule has 0 bridgehead atoms. The second-order valence-electron chi connectivity index (χ2n) is 45.3. The molecule has 0 aromatic carbocycles. The Kier molecular flexibility index (Phi) is 113. The van der Waals surface area contributed by atoms with Gasteiger partial charge in [0, 0.05) is 141 Å². The minimum Gasteiger partial charge on any atom is -0.455 e. The van der Waals surface area contributed by atoms with E-state index >= 15 is 0 Å². The second-order valence-corrected chi connectivity index (χ2v) is 45.3. The van der Waals surface area contributed by atoms with Gasteiger partial charge in [-0.25, -0.2) is 14.4 Å². The van der Waals surface area contributed by atoms with Crippen LogP contribution in [-0.2, 0) is 67.0 Å². The summed E-state index contributed by atoms with van der Waals surface area (Å²) in [6.07, 6.45) is 12.7. The Morgan fingerprint density at radius 1 is 0.324 bits per heavy atom. The summed E-state index contributed by atoms with van der Waals surface area (Å²) in [4.78, 5) is 165. The average molecular weight is 2070 g/mol. The zero-order valence-electron chi connectivity index (χ0n) is 102. The van der Waals surface area contributed by atoms with Crippen molar-refractivity contribution in [2.24, 2.45) is 94.7 Å². The molecule has 145 heavy (non-hydrogen) atoms. The van der Waals surface area contributed by atoms with Gasteiger partial charge in [0.05, 0.1) is 18.6 Å². The van der Waals surface area contributed by atoms with Gasteiger partial charge in [0.25, 0.3) is 11.8 Å². The maximum atomic E-state index is 11.4. The van der Waals surface area contributed by atoms with Crippen LogP contribution < -0.4 is 74.4 Å². The lowest BCUT2D eigenvalue weighted by atomic mass is 10.00. The number of ketones is 3. The summed E-state index contributed by atoms with van der Waals surface area (Å²) in [5, 5.41) is 38.6. The van der Waals surface area contributed by atoms with Crippen LogP contribution in [0.15, 0.2) is 12.2 Å². The van der Waals surface area contributed by atoms with Gasteiger partial charge in [-0.15, -0.1) is 0 Å². The molecule has 14 N–H and O–H groups in total. The standard InChI is InChI=1S/C10H19NO3.C10H19NO.C10H20O.C9H20N2O.C9H17NO3.C9H19NO.C9H17NO.C9H15NO.C9H18O.C8H18N2O.C8H17NO.C7H16N2O.C7H15NO/c1-7(2)9(12)5-11-10(13)6-14-8(3)4;1-6(2)8-5-9(8)10(12)11-7(3)4;1-8(2)6-5-7-10(11)9(3)4;1-7(2)5-6-10-9(12)11-8(3)4;1-6(2)9(12)13-5-8(11)10-7(3)4;3*1-7(2)5-6-9(11)10-8(3)4;1-7(2)5-6-9(10)8(3)4;1-6(2)5-9-8(11)10-7(3)4;1-6(2)5-8(10)9-7(3)4;1-5(2)8-7(10)9-6(3)4;1-5(2)7(9)8-6(3)4/h7-8H,5-6H2,1-4H3,(H,11,13);6-9H,5H2,1-4H3,(H,11,12);8-9H,5-7H2,1-4H3;7-8H,5-6H2,1-4H3,(H2,10,11,12);6-7H,5H2,1-4H3,(H,10,11);7-8H,5-6H2,1-4H3,(H,10,11);5-8H,1-4H3,(H,10,11);7-8H,1-4H3,(H,10,11);7-8H,5-6H2,1-4H3;6-7H,5H2,1-4H3,(H2,9,10,11);6-7H,5H2,1-4H3,(H,9,10);5-6H,1-4H3,(H2,8,9,10);5-6H,1-4H3,(H,8,9)/b;;;;;;6-5+;;;;;;. The predicted octanol–water partition coefficient (Wildman–Crippen LogP) is 20.7. The van der Waals surface area contributed by atoms with Gasteiger partial charge in [-0.3, -0.25) is 57.5 Å². The van der Waals surface area contributed by atoms with Gasteiger partial charge in [-0.05, 0) is 264 Å². The number of amides is 14. The molecular formula is C114H230N14O17. The van der Waals surface area contributed by atoms with Gasteiger partial charge in [0.2, 0.25) is 35.4 Å². The molecule has 0 spiro atoms. The summed E-state index contributed by atoms with van der Waals surface area (Å²) in [6, 6.07) is 2.16. The number of hydrogen-bond acceptors (Lipinski definition) is 17. The molecule has 1 fully saturated rings. The molecule has 0 heterocycles. The maximum absolute atomic E-state index is 11.4. The van der Waals surface area contributed by atoms with Crippen molar-refractivity contribution in [2.45, 2.75) is 497 Å². The van der Waals surface area contributed by atoms with E-state index < -0.39 is 0 Å². The van der Waals surface area contributed by atoms with Crippen molar-refractivity contribution in [2.75, 3.05) is 32.8 Å². The molecule has 0 aliphatic heterocycles. The molecule has 1 aliphatic carbocycles. The number of esters is 1. The molecule has 858 valence electrons. The number of urea groups is 3. The summed E-state index contributed by atoms with van der Waals surface area (Å²) in [6.45, 7) is 104. The molecule has 0 saturated heterocycles. The van der Waals surface area contributed by atoms with Crippen LogP contribution >= 0.6 is 0 Å². The normalized spacial score (nSPS) is 12.0. The van der Waals surface area contributed by atoms with Crippen LogP contribution in [0.1, 0.15) is 424 Å². The fraction of sp³-hybridized carbons (Fsp3) is 0.833. The molecule has 0 radical (unpaired) electrons. The van der Waals surface area contributed by atoms with Crippen molar-refractivity contribution in [3.8, 4) is 11.8 Å². The summed E-state index contributed by atoms with van der Waals surface area (Å²) >= 11 is 0. The lowest BCUT2D eigenvalue weighted by molar-refractivity contribution is -0.151. The van der Waals surface area contributed by atoms with Gasteiger partial charge in [0.1, 0.15) is 18.2 Å². The Bertz CT molecular complexity index is 3330. The fourth-order valence-corrected chi connectivity index (χ4v) is 9.79. The largest absolute Gasteiger partial charge is 0.455 e. The third kappa shape index (κ3) is 153. The van der Waals surface area contributed by atoms with E-state index in [0.717, 1.165) is 64.0 Å². The number of rotatable bonds is 44. The number of Topliss-reactive ketones (excluding diaryl/α,β-unsaturated/α-hetero) is 3. The van der Waals surface area contributed by atoms with Crippen LogP contribution in [0, 0.1) is 107 Å². The number of ether oxygens (including phenoxy) is 2. The molecule has 2 unspecified atom stereocenters. The minimum absolute atomic E-state index is 0.00583. The van der Waals surface area contributed by atoms with Crippen LogP contribution in [0.4, 0.5) is 14.4 Å². The quantitative estimate of drug-likeness (QED) is 0.0153. The van der Waals surface area contributed by atoms with Crippen molar-refractivity contribution in [1.29, 1.82) is 0 Å². The number of carbonyl (C=O) groups excluding carboxylic acids is 15. The van der Waals surface area contributed by atoms with E-state index in [0.29, 0.717) is 77.7 Å². The molecule has 2 atom stereocenters. The van der Waals surface area contributed by atoms with Crippen molar-refractivity contribution >= 4 is 88.7 Å². The van der Waals surface area contributed by atoms with Crippen molar-refractivity contribution in [3.05, 3.63) is 12.2 Å². The van der Waals surface area contributed by atoms with Crippen LogP contribution in [0.5, 0.6) is 0 Å². The molecule has 1 aliphatic rings. The van der Waals surface area contributed by atoms with E-state index in [2.05, 4.69) is 169 Å². The zero-order chi connectivity index (χ0) is 117. The zero-order valence-corrected chi connectivity index (χ0v) is 102. The molecule has 0 aromatic heterocycles. The van der Waals surface area contributed by atoms with Crippen LogP contribution in [0.3, 0.4) is 0 Å². The van der Waals surface area contributed by atoms with Gasteiger partial charge in [-0.2, -0.15) is 0 Å². The van der Waals surface area contributed by atoms with Crippen LogP contribution in [-0.4, -0.2) is 194 Å². The molecular weight excluding hydrogens is 1840 g/mol. The first-order valence-electron chi connectivity index (χ1n) is 54.2. The van der Waals surface area contributed by atoms with Gasteiger partial charge in [-0.1, -0.05) is 212 Å². The monoisotopic (exact) mass is 2070 g/mol. The maximum Gasteiger partial charge on any atom is 0.315 e. The first-order chi connectivity index (χ1) is 66.1. The highest BCUT2D eigenvalue weighted by molar-refractivity contribution is 5.93. The van der Waals surface area contributed by atoms with Gasteiger partial charge < -0.3 is 83.9 Å². The molecule has 0 aromatic rings. The first kappa shape index (κ1) is 162. The number of allylic oxidation sites excluding steroid dienone is 1. The number of hydrogen-bond donors (Lipinski definition) is 14. The van der Waals surface area contributed by atoms with E-state index in [4.69, 9.17) is 9.47 Å².